The number of hydrogen-bond acceptors (Lipinski definition) is 4. The molecule has 1 aromatic rings. The van der Waals surface area contributed by atoms with Crippen molar-refractivity contribution < 1.29 is 14.4 Å². The van der Waals surface area contributed by atoms with Crippen molar-refractivity contribution in [2.75, 3.05) is 13.7 Å². The first-order valence-corrected chi connectivity index (χ1v) is 6.07. The van der Waals surface area contributed by atoms with Crippen molar-refractivity contribution in [3.05, 3.63) is 28.3 Å². The third-order valence-corrected chi connectivity index (χ3v) is 3.29. The van der Waals surface area contributed by atoms with Gasteiger partial charge in [0.1, 0.15) is 0 Å². The van der Waals surface area contributed by atoms with Crippen LogP contribution in [-0.2, 0) is 0 Å². The summed E-state index contributed by atoms with van der Waals surface area (Å²) in [4.78, 5) is 10.2. The van der Waals surface area contributed by atoms with Gasteiger partial charge in [-0.3, -0.25) is 10.1 Å². The number of hydrogen-bond donors (Lipinski definition) is 0. The van der Waals surface area contributed by atoms with Gasteiger partial charge in [0.25, 0.3) is 5.69 Å². The molecule has 1 fully saturated rings. The van der Waals surface area contributed by atoms with E-state index in [-0.39, 0.29) is 5.69 Å². The Balaban J connectivity index is 2.04. The summed E-state index contributed by atoms with van der Waals surface area (Å²) in [6, 6.07) is 4.41. The first-order chi connectivity index (χ1) is 8.61. The maximum Gasteiger partial charge on any atom is 0.273 e. The average molecular weight is 251 g/mol. The van der Waals surface area contributed by atoms with Crippen LogP contribution in [-0.4, -0.2) is 18.6 Å². The number of benzene rings is 1. The smallest absolute Gasteiger partial charge is 0.273 e. The van der Waals surface area contributed by atoms with Crippen LogP contribution in [0.4, 0.5) is 5.69 Å². The van der Waals surface area contributed by atoms with Gasteiger partial charge in [-0.15, -0.1) is 0 Å². The van der Waals surface area contributed by atoms with Crippen LogP contribution >= 0.6 is 0 Å². The topological polar surface area (TPSA) is 61.6 Å². The molecule has 0 aliphatic heterocycles. The molecule has 18 heavy (non-hydrogen) atoms. The lowest BCUT2D eigenvalue weighted by molar-refractivity contribution is -0.384. The fourth-order valence-electron chi connectivity index (χ4n) is 1.91. The Kier molecular flexibility index (Phi) is 3.69. The Morgan fingerprint density at radius 1 is 1.44 bits per heavy atom. The van der Waals surface area contributed by atoms with Crippen LogP contribution in [0.2, 0.25) is 0 Å². The molecule has 0 unspecified atom stereocenters. The van der Waals surface area contributed by atoms with Gasteiger partial charge in [-0.05, 0) is 30.7 Å². The summed E-state index contributed by atoms with van der Waals surface area (Å²) >= 11 is 0. The van der Waals surface area contributed by atoms with Crippen molar-refractivity contribution in [2.24, 2.45) is 11.8 Å². The third kappa shape index (κ3) is 2.91. The van der Waals surface area contributed by atoms with E-state index in [9.17, 15) is 10.1 Å². The molecule has 0 aromatic heterocycles. The molecule has 0 heterocycles. The Morgan fingerprint density at radius 3 is 2.72 bits per heavy atom. The van der Waals surface area contributed by atoms with Crippen molar-refractivity contribution >= 4 is 5.69 Å². The predicted octanol–water partition coefficient (Wildman–Crippen LogP) is 3.03. The van der Waals surface area contributed by atoms with Crippen LogP contribution in [0.15, 0.2) is 18.2 Å². The zero-order valence-electron chi connectivity index (χ0n) is 10.6. The summed E-state index contributed by atoms with van der Waals surface area (Å²) in [6.07, 6.45) is 2.56. The van der Waals surface area contributed by atoms with Gasteiger partial charge in [0.2, 0.25) is 0 Å². The van der Waals surface area contributed by atoms with E-state index < -0.39 is 4.92 Å². The highest BCUT2D eigenvalue weighted by Crippen LogP contribution is 2.37. The molecule has 5 nitrogen and oxygen atoms in total. The minimum Gasteiger partial charge on any atom is -0.493 e. The predicted molar refractivity (Wildman–Crippen MR) is 67.0 cm³/mol. The highest BCUT2D eigenvalue weighted by Gasteiger charge is 2.28. The number of non-ortho nitro benzene ring substituents is 1. The Labute approximate surface area is 106 Å². The second-order valence-electron chi connectivity index (χ2n) is 4.72. The molecule has 98 valence electrons. The number of ether oxygens (including phenoxy) is 2. The largest absolute Gasteiger partial charge is 0.493 e. The van der Waals surface area contributed by atoms with Crippen LogP contribution in [0.25, 0.3) is 0 Å². The quantitative estimate of drug-likeness (QED) is 0.576. The van der Waals surface area contributed by atoms with E-state index >= 15 is 0 Å². The van der Waals surface area contributed by atoms with Crippen LogP contribution in [0.1, 0.15) is 19.8 Å². The first-order valence-electron chi connectivity index (χ1n) is 6.07. The molecule has 1 saturated carbocycles. The lowest BCUT2D eigenvalue weighted by Gasteiger charge is -2.14. The first kappa shape index (κ1) is 12.7. The van der Waals surface area contributed by atoms with Crippen molar-refractivity contribution in [1.82, 2.24) is 0 Å². The van der Waals surface area contributed by atoms with Gasteiger partial charge >= 0.3 is 0 Å². The van der Waals surface area contributed by atoms with Gasteiger partial charge in [0.15, 0.2) is 11.5 Å². The second-order valence-corrected chi connectivity index (χ2v) is 4.72. The maximum absolute atomic E-state index is 10.7. The van der Waals surface area contributed by atoms with E-state index in [1.165, 1.54) is 32.1 Å². The van der Waals surface area contributed by atoms with Crippen molar-refractivity contribution in [3.8, 4) is 11.5 Å². The molecule has 0 N–H and O–H groups in total. The fraction of sp³-hybridized carbons (Fsp3) is 0.538. The Hall–Kier alpha value is -1.78. The molecule has 0 radical (unpaired) electrons. The Morgan fingerprint density at radius 2 is 2.17 bits per heavy atom. The van der Waals surface area contributed by atoms with E-state index in [1.54, 1.807) is 6.07 Å². The molecule has 0 saturated heterocycles. The molecule has 1 aliphatic rings. The molecule has 0 bridgehead atoms. The van der Waals surface area contributed by atoms with Gasteiger partial charge in [-0.1, -0.05) is 6.92 Å². The number of methoxy groups -OCH3 is 1. The average Bonchev–Trinajstić information content (AvgIpc) is 3.19. The molecule has 1 aromatic carbocycles. The molecular formula is C13H17NO4. The second kappa shape index (κ2) is 5.25. The van der Waals surface area contributed by atoms with E-state index in [0.29, 0.717) is 24.0 Å². The molecule has 0 amide bonds. The van der Waals surface area contributed by atoms with Gasteiger partial charge < -0.3 is 9.47 Å². The number of rotatable bonds is 6. The van der Waals surface area contributed by atoms with E-state index in [1.807, 2.05) is 0 Å². The van der Waals surface area contributed by atoms with Crippen LogP contribution in [0, 0.1) is 22.0 Å². The molecule has 2 rings (SSSR count). The summed E-state index contributed by atoms with van der Waals surface area (Å²) in [5, 5.41) is 10.7. The standard InChI is InChI=1S/C13H17NO4/c1-9(10-3-4-10)8-18-12-6-5-11(14(15)16)7-13(12)17-2/h5-7,9-10H,3-4,8H2,1-2H3/t9-/m0/s1. The maximum atomic E-state index is 10.7. The Bertz CT molecular complexity index is 443. The van der Waals surface area contributed by atoms with Gasteiger partial charge in [-0.25, -0.2) is 0 Å². The van der Waals surface area contributed by atoms with Crippen molar-refractivity contribution in [3.63, 3.8) is 0 Å². The van der Waals surface area contributed by atoms with Gasteiger partial charge in [-0.2, -0.15) is 0 Å². The molecule has 5 heteroatoms. The summed E-state index contributed by atoms with van der Waals surface area (Å²) in [5.74, 6) is 2.27. The fourth-order valence-corrected chi connectivity index (χ4v) is 1.91. The summed E-state index contributed by atoms with van der Waals surface area (Å²) in [7, 11) is 1.48. The summed E-state index contributed by atoms with van der Waals surface area (Å²) in [5.41, 5.74) is 0.00874. The van der Waals surface area contributed by atoms with Crippen LogP contribution in [0.3, 0.4) is 0 Å². The number of nitrogens with zero attached hydrogens (tertiary/aromatic N) is 1. The van der Waals surface area contributed by atoms with Gasteiger partial charge in [0.05, 0.1) is 24.7 Å². The normalized spacial score (nSPS) is 16.1. The molecule has 0 spiro atoms. The number of nitro groups is 1. The third-order valence-electron chi connectivity index (χ3n) is 3.29. The molecule has 1 aliphatic carbocycles. The van der Waals surface area contributed by atoms with Crippen molar-refractivity contribution in [2.45, 2.75) is 19.8 Å². The zero-order chi connectivity index (χ0) is 13.1. The highest BCUT2D eigenvalue weighted by atomic mass is 16.6. The van der Waals surface area contributed by atoms with Crippen molar-refractivity contribution in [1.29, 1.82) is 0 Å². The summed E-state index contributed by atoms with van der Waals surface area (Å²) in [6.45, 7) is 2.79. The molecule has 1 atom stereocenters. The van der Waals surface area contributed by atoms with E-state index in [0.717, 1.165) is 5.92 Å². The van der Waals surface area contributed by atoms with Crippen LogP contribution in [0.5, 0.6) is 11.5 Å². The zero-order valence-corrected chi connectivity index (χ0v) is 10.6. The van der Waals surface area contributed by atoms with Gasteiger partial charge in [0, 0.05) is 6.07 Å². The number of nitro benzene ring substituents is 1. The lowest BCUT2D eigenvalue weighted by Crippen LogP contribution is -2.10. The minimum absolute atomic E-state index is 0.00874. The monoisotopic (exact) mass is 251 g/mol. The van der Waals surface area contributed by atoms with E-state index in [2.05, 4.69) is 6.92 Å². The summed E-state index contributed by atoms with van der Waals surface area (Å²) < 4.78 is 10.8. The highest BCUT2D eigenvalue weighted by molar-refractivity contribution is 5.48. The SMILES string of the molecule is COc1cc([N+](=O)[O-])ccc1OC[C@H](C)C1CC1. The minimum atomic E-state index is -0.445. The lowest BCUT2D eigenvalue weighted by atomic mass is 10.1. The van der Waals surface area contributed by atoms with E-state index in [4.69, 9.17) is 9.47 Å². The molecular weight excluding hydrogens is 234 g/mol. The van der Waals surface area contributed by atoms with Crippen LogP contribution < -0.4 is 9.47 Å².